The number of benzene rings is 1. The zero-order valence-corrected chi connectivity index (χ0v) is 9.78. The van der Waals surface area contributed by atoms with Gasteiger partial charge in [0, 0.05) is 17.7 Å². The normalized spacial score (nSPS) is 10.2. The van der Waals surface area contributed by atoms with E-state index in [-0.39, 0.29) is 0 Å². The van der Waals surface area contributed by atoms with Gasteiger partial charge in [-0.3, -0.25) is 0 Å². The molecule has 2 rings (SSSR count). The number of nitrogens with two attached hydrogens (primary N) is 1. The highest BCUT2D eigenvalue weighted by atomic mass is 32.2. The lowest BCUT2D eigenvalue weighted by Gasteiger charge is -2.02. The maximum atomic E-state index is 5.53. The van der Waals surface area contributed by atoms with Gasteiger partial charge in [0.15, 0.2) is 0 Å². The Morgan fingerprint density at radius 3 is 2.38 bits per heavy atom. The molecule has 1 aromatic heterocycles. The molecule has 1 aromatic carbocycles. The molecule has 0 aliphatic rings. The molecule has 0 amide bonds. The molecule has 0 unspecified atom stereocenters. The van der Waals surface area contributed by atoms with Crippen molar-refractivity contribution in [2.45, 2.75) is 11.5 Å². The van der Waals surface area contributed by atoms with Crippen LogP contribution in [0.4, 0.5) is 5.82 Å². The van der Waals surface area contributed by atoms with Crippen molar-refractivity contribution in [1.29, 1.82) is 0 Å². The summed E-state index contributed by atoms with van der Waals surface area (Å²) >= 11 is 1.88. The van der Waals surface area contributed by atoms with Crippen LogP contribution in [0.2, 0.25) is 0 Å². The van der Waals surface area contributed by atoms with Crippen LogP contribution in [0.25, 0.3) is 0 Å². The van der Waals surface area contributed by atoms with Crippen LogP contribution < -0.4 is 5.73 Å². The van der Waals surface area contributed by atoms with Crippen molar-refractivity contribution < 1.29 is 0 Å². The van der Waals surface area contributed by atoms with Gasteiger partial charge in [-0.1, -0.05) is 36.4 Å². The molecule has 1 heterocycles. The Morgan fingerprint density at radius 1 is 0.938 bits per heavy atom. The van der Waals surface area contributed by atoms with E-state index in [1.54, 1.807) is 0 Å². The molecule has 3 heteroatoms. The molecule has 0 radical (unpaired) electrons. The smallest absolute Gasteiger partial charge is 0.123 e. The van der Waals surface area contributed by atoms with Crippen LogP contribution in [0.5, 0.6) is 0 Å². The van der Waals surface area contributed by atoms with E-state index in [4.69, 9.17) is 5.73 Å². The minimum absolute atomic E-state index is 0.580. The number of hydrogen-bond acceptors (Lipinski definition) is 3. The molecule has 16 heavy (non-hydrogen) atoms. The third-order valence-corrected chi connectivity index (χ3v) is 3.30. The Kier molecular flexibility index (Phi) is 3.83. The SMILES string of the molecule is Nc1ccc(CSCc2ccccc2)cn1. The summed E-state index contributed by atoms with van der Waals surface area (Å²) in [5.74, 6) is 2.59. The Bertz CT molecular complexity index is 425. The fraction of sp³-hybridized carbons (Fsp3) is 0.154. The second-order valence-corrected chi connectivity index (χ2v) is 4.56. The first kappa shape index (κ1) is 11.0. The second-order valence-electron chi connectivity index (χ2n) is 3.57. The van der Waals surface area contributed by atoms with Crippen LogP contribution in [0.1, 0.15) is 11.1 Å². The highest BCUT2D eigenvalue weighted by molar-refractivity contribution is 7.97. The van der Waals surface area contributed by atoms with Crippen molar-refractivity contribution in [1.82, 2.24) is 4.98 Å². The predicted octanol–water partition coefficient (Wildman–Crippen LogP) is 3.10. The first-order chi connectivity index (χ1) is 7.84. The lowest BCUT2D eigenvalue weighted by Crippen LogP contribution is -1.90. The van der Waals surface area contributed by atoms with E-state index in [0.717, 1.165) is 11.5 Å². The predicted molar refractivity (Wildman–Crippen MR) is 70.1 cm³/mol. The van der Waals surface area contributed by atoms with Gasteiger partial charge in [0.2, 0.25) is 0 Å². The summed E-state index contributed by atoms with van der Waals surface area (Å²) in [4.78, 5) is 4.07. The summed E-state index contributed by atoms with van der Waals surface area (Å²) in [7, 11) is 0. The fourth-order valence-corrected chi connectivity index (χ4v) is 2.32. The van der Waals surface area contributed by atoms with Crippen LogP contribution in [-0.4, -0.2) is 4.98 Å². The van der Waals surface area contributed by atoms with Crippen LogP contribution >= 0.6 is 11.8 Å². The van der Waals surface area contributed by atoms with Crippen molar-refractivity contribution in [2.75, 3.05) is 5.73 Å². The number of nitrogen functional groups attached to an aromatic ring is 1. The van der Waals surface area contributed by atoms with Gasteiger partial charge in [0.1, 0.15) is 5.82 Å². The number of pyridine rings is 1. The molecule has 0 fully saturated rings. The summed E-state index contributed by atoms with van der Waals surface area (Å²) in [6.45, 7) is 0. The van der Waals surface area contributed by atoms with E-state index in [2.05, 4.69) is 29.2 Å². The Morgan fingerprint density at radius 2 is 1.69 bits per heavy atom. The van der Waals surface area contributed by atoms with Crippen molar-refractivity contribution in [3.05, 3.63) is 59.8 Å². The summed E-state index contributed by atoms with van der Waals surface area (Å²) in [6.07, 6.45) is 1.84. The van der Waals surface area contributed by atoms with Crippen LogP contribution in [0, 0.1) is 0 Å². The number of thioether (sulfide) groups is 1. The van der Waals surface area contributed by atoms with Crippen molar-refractivity contribution in [3.63, 3.8) is 0 Å². The van der Waals surface area contributed by atoms with E-state index >= 15 is 0 Å². The first-order valence-electron chi connectivity index (χ1n) is 5.16. The van der Waals surface area contributed by atoms with Crippen molar-refractivity contribution >= 4 is 17.6 Å². The highest BCUT2D eigenvalue weighted by Gasteiger charge is 1.95. The maximum absolute atomic E-state index is 5.53. The third-order valence-electron chi connectivity index (χ3n) is 2.23. The topological polar surface area (TPSA) is 38.9 Å². The zero-order valence-electron chi connectivity index (χ0n) is 8.97. The van der Waals surface area contributed by atoms with Crippen molar-refractivity contribution in [2.24, 2.45) is 0 Å². The van der Waals surface area contributed by atoms with Crippen molar-refractivity contribution in [3.8, 4) is 0 Å². The van der Waals surface area contributed by atoms with E-state index < -0.39 is 0 Å². The lowest BCUT2D eigenvalue weighted by atomic mass is 10.2. The van der Waals surface area contributed by atoms with Gasteiger partial charge in [-0.15, -0.1) is 0 Å². The molecule has 0 spiro atoms. The van der Waals surface area contributed by atoms with Crippen LogP contribution in [-0.2, 0) is 11.5 Å². The maximum Gasteiger partial charge on any atom is 0.123 e. The quantitative estimate of drug-likeness (QED) is 0.877. The minimum atomic E-state index is 0.580. The number of anilines is 1. The molecule has 2 nitrogen and oxygen atoms in total. The Balaban J connectivity index is 1.82. The monoisotopic (exact) mass is 230 g/mol. The fourth-order valence-electron chi connectivity index (χ4n) is 1.38. The van der Waals surface area contributed by atoms with E-state index in [1.807, 2.05) is 36.2 Å². The molecule has 0 saturated carbocycles. The molecule has 2 N–H and O–H groups in total. The molecule has 0 saturated heterocycles. The average Bonchev–Trinajstić information content (AvgIpc) is 2.33. The average molecular weight is 230 g/mol. The largest absolute Gasteiger partial charge is 0.384 e. The van der Waals surface area contributed by atoms with Crippen LogP contribution in [0.3, 0.4) is 0 Å². The van der Waals surface area contributed by atoms with Gasteiger partial charge in [-0.2, -0.15) is 11.8 Å². The highest BCUT2D eigenvalue weighted by Crippen LogP contribution is 2.17. The standard InChI is InChI=1S/C13H14N2S/c14-13-7-6-12(8-15-13)10-16-9-11-4-2-1-3-5-11/h1-8H,9-10H2,(H2,14,15). The second kappa shape index (κ2) is 5.56. The third kappa shape index (κ3) is 3.28. The molecule has 2 aromatic rings. The molecule has 0 bridgehead atoms. The van der Waals surface area contributed by atoms with E-state index in [9.17, 15) is 0 Å². The summed E-state index contributed by atoms with van der Waals surface area (Å²) in [5.41, 5.74) is 8.10. The Labute approximate surface area is 99.9 Å². The Hall–Kier alpha value is -1.48. The van der Waals surface area contributed by atoms with Gasteiger partial charge in [0.05, 0.1) is 0 Å². The van der Waals surface area contributed by atoms with E-state index in [1.165, 1.54) is 11.1 Å². The van der Waals surface area contributed by atoms with Crippen LogP contribution in [0.15, 0.2) is 48.7 Å². The summed E-state index contributed by atoms with van der Waals surface area (Å²) in [5, 5.41) is 0. The number of rotatable bonds is 4. The van der Waals surface area contributed by atoms with E-state index in [0.29, 0.717) is 5.82 Å². The summed E-state index contributed by atoms with van der Waals surface area (Å²) < 4.78 is 0. The number of hydrogen-bond donors (Lipinski definition) is 1. The van der Waals surface area contributed by atoms with Gasteiger partial charge < -0.3 is 5.73 Å². The zero-order chi connectivity index (χ0) is 11.2. The summed E-state index contributed by atoms with van der Waals surface area (Å²) in [6, 6.07) is 14.3. The lowest BCUT2D eigenvalue weighted by molar-refractivity contribution is 1.25. The first-order valence-corrected chi connectivity index (χ1v) is 6.32. The minimum Gasteiger partial charge on any atom is -0.384 e. The van der Waals surface area contributed by atoms with Gasteiger partial charge in [-0.05, 0) is 17.2 Å². The molecular formula is C13H14N2S. The number of aromatic nitrogens is 1. The van der Waals surface area contributed by atoms with Gasteiger partial charge >= 0.3 is 0 Å². The number of nitrogens with zero attached hydrogens (tertiary/aromatic N) is 1. The molecular weight excluding hydrogens is 216 g/mol. The molecule has 0 aliphatic heterocycles. The molecule has 82 valence electrons. The van der Waals surface area contributed by atoms with Gasteiger partial charge in [-0.25, -0.2) is 4.98 Å². The molecule has 0 aliphatic carbocycles. The molecule has 0 atom stereocenters. The van der Waals surface area contributed by atoms with Gasteiger partial charge in [0.25, 0.3) is 0 Å².